The summed E-state index contributed by atoms with van der Waals surface area (Å²) in [7, 11) is 0. The molecule has 0 atom stereocenters. The number of carbonyl (C=O) groups is 1. The number of aromatic nitrogens is 2. The Morgan fingerprint density at radius 3 is 2.88 bits per heavy atom. The molecule has 0 radical (unpaired) electrons. The molecule has 2 heterocycles. The first-order chi connectivity index (χ1) is 7.54. The second kappa shape index (κ2) is 3.99. The molecule has 0 amide bonds. The quantitative estimate of drug-likeness (QED) is 0.599. The van der Waals surface area contributed by atoms with Crippen LogP contribution < -0.4 is 5.56 Å². The van der Waals surface area contributed by atoms with Crippen LogP contribution >= 0.6 is 27.5 Å². The largest absolute Gasteiger partial charge is 0.298 e. The van der Waals surface area contributed by atoms with Crippen molar-refractivity contribution in [2.75, 3.05) is 0 Å². The highest BCUT2D eigenvalue weighted by Crippen LogP contribution is 2.19. The molecule has 0 aliphatic rings. The molecule has 2 aromatic rings. The van der Waals surface area contributed by atoms with Gasteiger partial charge >= 0.3 is 0 Å². The molecule has 0 fully saturated rings. The Morgan fingerprint density at radius 2 is 2.25 bits per heavy atom. The average Bonchev–Trinajstić information content (AvgIpc) is 2.21. The van der Waals surface area contributed by atoms with E-state index in [4.69, 9.17) is 11.6 Å². The summed E-state index contributed by atoms with van der Waals surface area (Å²) in [6.07, 6.45) is 2.03. The number of fused-ring (bicyclic) bond motifs is 1. The van der Waals surface area contributed by atoms with E-state index in [2.05, 4.69) is 20.9 Å². The number of aldehydes is 1. The topological polar surface area (TPSA) is 51.4 Å². The molecule has 0 bridgehead atoms. The standard InChI is InChI=1S/C10H6BrClN2O2/c1-5-2-7(11)9-13-8(12)6(4-15)10(16)14(9)3-5/h2-4H,1H3. The normalized spacial score (nSPS) is 10.7. The van der Waals surface area contributed by atoms with Gasteiger partial charge in [0.2, 0.25) is 0 Å². The summed E-state index contributed by atoms with van der Waals surface area (Å²) in [5, 5.41) is -0.0791. The summed E-state index contributed by atoms with van der Waals surface area (Å²) < 4.78 is 1.96. The van der Waals surface area contributed by atoms with E-state index in [0.29, 0.717) is 16.4 Å². The van der Waals surface area contributed by atoms with Gasteiger partial charge in [-0.2, -0.15) is 0 Å². The molecule has 0 saturated heterocycles. The van der Waals surface area contributed by atoms with Crippen LogP contribution in [0.25, 0.3) is 5.65 Å². The minimum absolute atomic E-state index is 0.0791. The van der Waals surface area contributed by atoms with Crippen molar-refractivity contribution in [3.05, 3.63) is 43.4 Å². The maximum absolute atomic E-state index is 11.9. The molecule has 0 aliphatic carbocycles. The van der Waals surface area contributed by atoms with Gasteiger partial charge in [0.15, 0.2) is 11.9 Å². The van der Waals surface area contributed by atoms with E-state index in [-0.39, 0.29) is 10.7 Å². The van der Waals surface area contributed by atoms with Gasteiger partial charge in [0.25, 0.3) is 5.56 Å². The summed E-state index contributed by atoms with van der Waals surface area (Å²) in [4.78, 5) is 26.6. The van der Waals surface area contributed by atoms with E-state index in [1.54, 1.807) is 6.20 Å². The molecule has 82 valence electrons. The first-order valence-electron chi connectivity index (χ1n) is 4.38. The number of hydrogen-bond acceptors (Lipinski definition) is 3. The fraction of sp³-hybridized carbons (Fsp3) is 0.100. The third kappa shape index (κ3) is 1.66. The summed E-state index contributed by atoms with van der Waals surface area (Å²) in [6.45, 7) is 1.84. The van der Waals surface area contributed by atoms with E-state index < -0.39 is 5.56 Å². The summed E-state index contributed by atoms with van der Waals surface area (Å²) in [6, 6.07) is 1.82. The van der Waals surface area contributed by atoms with Crippen molar-refractivity contribution < 1.29 is 4.79 Å². The van der Waals surface area contributed by atoms with Crippen molar-refractivity contribution in [2.24, 2.45) is 0 Å². The van der Waals surface area contributed by atoms with Crippen LogP contribution in [0.3, 0.4) is 0 Å². The number of rotatable bonds is 1. The molecule has 16 heavy (non-hydrogen) atoms. The third-order valence-electron chi connectivity index (χ3n) is 2.12. The Balaban J connectivity index is 3.05. The highest BCUT2D eigenvalue weighted by Gasteiger charge is 2.12. The number of halogens is 2. The Labute approximate surface area is 104 Å². The van der Waals surface area contributed by atoms with Gasteiger partial charge in [0.05, 0.1) is 4.47 Å². The van der Waals surface area contributed by atoms with Crippen molar-refractivity contribution in [3.8, 4) is 0 Å². The molecule has 6 heteroatoms. The highest BCUT2D eigenvalue weighted by molar-refractivity contribution is 9.10. The van der Waals surface area contributed by atoms with E-state index in [9.17, 15) is 9.59 Å². The zero-order chi connectivity index (χ0) is 11.9. The SMILES string of the molecule is Cc1cc(Br)c2nc(Cl)c(C=O)c(=O)n2c1. The van der Waals surface area contributed by atoms with Gasteiger partial charge in [-0.25, -0.2) is 4.98 Å². The second-order valence-corrected chi connectivity index (χ2v) is 4.51. The Morgan fingerprint density at radius 1 is 1.56 bits per heavy atom. The van der Waals surface area contributed by atoms with E-state index >= 15 is 0 Å². The van der Waals surface area contributed by atoms with Crippen molar-refractivity contribution in [3.63, 3.8) is 0 Å². The number of hydrogen-bond donors (Lipinski definition) is 0. The molecule has 0 N–H and O–H groups in total. The first-order valence-corrected chi connectivity index (χ1v) is 5.55. The van der Waals surface area contributed by atoms with Crippen LogP contribution in [0.1, 0.15) is 15.9 Å². The van der Waals surface area contributed by atoms with Gasteiger partial charge in [0.1, 0.15) is 10.7 Å². The van der Waals surface area contributed by atoms with E-state index in [1.165, 1.54) is 4.40 Å². The average molecular weight is 302 g/mol. The maximum atomic E-state index is 11.9. The fourth-order valence-electron chi connectivity index (χ4n) is 1.41. The van der Waals surface area contributed by atoms with Gasteiger partial charge in [-0.3, -0.25) is 14.0 Å². The van der Waals surface area contributed by atoms with E-state index in [1.807, 2.05) is 13.0 Å². The van der Waals surface area contributed by atoms with Crippen LogP contribution in [0.5, 0.6) is 0 Å². The van der Waals surface area contributed by atoms with Crippen molar-refractivity contribution in [2.45, 2.75) is 6.92 Å². The van der Waals surface area contributed by atoms with Gasteiger partial charge in [-0.05, 0) is 34.5 Å². The molecular formula is C10H6BrClN2O2. The van der Waals surface area contributed by atoms with Gasteiger partial charge < -0.3 is 0 Å². The Kier molecular flexibility index (Phi) is 2.82. The Bertz CT molecular complexity index is 651. The molecule has 0 aromatic carbocycles. The minimum atomic E-state index is -0.464. The zero-order valence-electron chi connectivity index (χ0n) is 8.20. The lowest BCUT2D eigenvalue weighted by Crippen LogP contribution is -2.20. The van der Waals surface area contributed by atoms with Crippen LogP contribution in [-0.4, -0.2) is 15.7 Å². The van der Waals surface area contributed by atoms with Gasteiger partial charge in [-0.15, -0.1) is 0 Å². The molecule has 2 aromatic heterocycles. The zero-order valence-corrected chi connectivity index (χ0v) is 10.5. The first kappa shape index (κ1) is 11.3. The van der Waals surface area contributed by atoms with Crippen molar-refractivity contribution >= 4 is 39.5 Å². The number of nitrogens with zero attached hydrogens (tertiary/aromatic N) is 2. The molecule has 0 aliphatic heterocycles. The molecule has 0 saturated carbocycles. The monoisotopic (exact) mass is 300 g/mol. The highest BCUT2D eigenvalue weighted by atomic mass is 79.9. The van der Waals surface area contributed by atoms with E-state index in [0.717, 1.165) is 5.56 Å². The number of carbonyl (C=O) groups excluding carboxylic acids is 1. The summed E-state index contributed by atoms with van der Waals surface area (Å²) >= 11 is 9.04. The van der Waals surface area contributed by atoms with Crippen LogP contribution in [-0.2, 0) is 0 Å². The third-order valence-corrected chi connectivity index (χ3v) is 2.99. The molecule has 0 spiro atoms. The van der Waals surface area contributed by atoms with Crippen molar-refractivity contribution in [1.82, 2.24) is 9.38 Å². The number of aryl methyl sites for hydroxylation is 1. The lowest BCUT2D eigenvalue weighted by atomic mass is 10.3. The van der Waals surface area contributed by atoms with Crippen LogP contribution in [0.4, 0.5) is 0 Å². The van der Waals surface area contributed by atoms with Crippen LogP contribution in [0, 0.1) is 6.92 Å². The lowest BCUT2D eigenvalue weighted by Gasteiger charge is -2.05. The minimum Gasteiger partial charge on any atom is -0.298 e. The molecular weight excluding hydrogens is 295 g/mol. The smallest absolute Gasteiger partial charge is 0.270 e. The summed E-state index contributed by atoms with van der Waals surface area (Å²) in [5.74, 6) is 0. The molecule has 4 nitrogen and oxygen atoms in total. The number of pyridine rings is 1. The van der Waals surface area contributed by atoms with Crippen molar-refractivity contribution in [1.29, 1.82) is 0 Å². The maximum Gasteiger partial charge on any atom is 0.270 e. The van der Waals surface area contributed by atoms with Gasteiger partial charge in [0, 0.05) is 6.20 Å². The predicted molar refractivity (Wildman–Crippen MR) is 64.3 cm³/mol. The molecule has 0 unspecified atom stereocenters. The second-order valence-electron chi connectivity index (χ2n) is 3.30. The van der Waals surface area contributed by atoms with Crippen LogP contribution in [0.2, 0.25) is 5.15 Å². The van der Waals surface area contributed by atoms with Crippen LogP contribution in [0.15, 0.2) is 21.5 Å². The predicted octanol–water partition coefficient (Wildman–Crippen LogP) is 2.23. The fourth-order valence-corrected chi connectivity index (χ4v) is 2.26. The van der Waals surface area contributed by atoms with Gasteiger partial charge in [-0.1, -0.05) is 11.6 Å². The lowest BCUT2D eigenvalue weighted by molar-refractivity contribution is 0.112. The summed E-state index contributed by atoms with van der Waals surface area (Å²) in [5.41, 5.74) is 0.680. The Hall–Kier alpha value is -1.20. The molecule has 2 rings (SSSR count).